The summed E-state index contributed by atoms with van der Waals surface area (Å²) in [5.41, 5.74) is 0.949. The standard InChI is InChI=1S/C13H20N2O2S/c1-14-8-5-9-15(2)12-10-18(16,17)13-7-4-3-6-11(12)13/h3-4,6-7,12,14H,5,8-10H2,1-2H3. The van der Waals surface area contributed by atoms with Crippen molar-refractivity contribution in [2.45, 2.75) is 17.4 Å². The van der Waals surface area contributed by atoms with Crippen LogP contribution in [0.2, 0.25) is 0 Å². The molecule has 2 rings (SSSR count). The highest BCUT2D eigenvalue weighted by atomic mass is 32.2. The van der Waals surface area contributed by atoms with Crippen LogP contribution < -0.4 is 5.32 Å². The summed E-state index contributed by atoms with van der Waals surface area (Å²) in [4.78, 5) is 2.65. The molecule has 4 nitrogen and oxygen atoms in total. The maximum absolute atomic E-state index is 12.1. The Morgan fingerprint density at radius 1 is 1.39 bits per heavy atom. The Morgan fingerprint density at radius 2 is 2.11 bits per heavy atom. The van der Waals surface area contributed by atoms with Gasteiger partial charge < -0.3 is 5.32 Å². The van der Waals surface area contributed by atoms with Crippen LogP contribution in [0.4, 0.5) is 0 Å². The molecule has 1 aromatic rings. The van der Waals surface area contributed by atoms with Gasteiger partial charge in [-0.3, -0.25) is 4.90 Å². The monoisotopic (exact) mass is 268 g/mol. The Kier molecular flexibility index (Phi) is 4.04. The zero-order valence-electron chi connectivity index (χ0n) is 10.9. The molecule has 0 fully saturated rings. The van der Waals surface area contributed by atoms with E-state index in [1.807, 2.05) is 26.2 Å². The predicted octanol–water partition coefficient (Wildman–Crippen LogP) is 1.06. The first-order valence-electron chi connectivity index (χ1n) is 6.23. The lowest BCUT2D eigenvalue weighted by Gasteiger charge is -2.24. The van der Waals surface area contributed by atoms with Gasteiger partial charge in [0.05, 0.1) is 16.7 Å². The second-order valence-corrected chi connectivity index (χ2v) is 6.78. The third kappa shape index (κ3) is 2.58. The zero-order valence-corrected chi connectivity index (χ0v) is 11.7. The number of hydrogen-bond donors (Lipinski definition) is 1. The number of sulfone groups is 1. The van der Waals surface area contributed by atoms with Crippen LogP contribution in [0.15, 0.2) is 29.2 Å². The van der Waals surface area contributed by atoms with E-state index in [-0.39, 0.29) is 11.8 Å². The van der Waals surface area contributed by atoms with Gasteiger partial charge in [-0.1, -0.05) is 18.2 Å². The highest BCUT2D eigenvalue weighted by Gasteiger charge is 2.36. The molecule has 1 aliphatic rings. The van der Waals surface area contributed by atoms with Crippen molar-refractivity contribution in [3.63, 3.8) is 0 Å². The van der Waals surface area contributed by atoms with Gasteiger partial charge in [0, 0.05) is 0 Å². The number of fused-ring (bicyclic) bond motifs is 1. The maximum atomic E-state index is 12.1. The lowest BCUT2D eigenvalue weighted by Crippen LogP contribution is -2.28. The van der Waals surface area contributed by atoms with E-state index in [1.54, 1.807) is 12.1 Å². The zero-order chi connectivity index (χ0) is 13.2. The fourth-order valence-corrected chi connectivity index (χ4v) is 4.33. The Morgan fingerprint density at radius 3 is 2.83 bits per heavy atom. The molecular formula is C13H20N2O2S. The van der Waals surface area contributed by atoms with Gasteiger partial charge in [0.2, 0.25) is 0 Å². The molecule has 18 heavy (non-hydrogen) atoms. The van der Waals surface area contributed by atoms with Crippen LogP contribution in [0.5, 0.6) is 0 Å². The number of rotatable bonds is 5. The van der Waals surface area contributed by atoms with E-state index in [1.165, 1.54) is 0 Å². The van der Waals surface area contributed by atoms with Crippen molar-refractivity contribution < 1.29 is 8.42 Å². The number of nitrogens with one attached hydrogen (secondary N) is 1. The summed E-state index contributed by atoms with van der Waals surface area (Å²) in [6.07, 6.45) is 1.02. The van der Waals surface area contributed by atoms with Crippen LogP contribution >= 0.6 is 0 Å². The Balaban J connectivity index is 2.17. The number of hydrogen-bond acceptors (Lipinski definition) is 4. The van der Waals surface area contributed by atoms with Crippen LogP contribution in [0.3, 0.4) is 0 Å². The topological polar surface area (TPSA) is 49.4 Å². The molecule has 1 atom stereocenters. The second-order valence-electron chi connectivity index (χ2n) is 4.77. The third-order valence-electron chi connectivity index (χ3n) is 3.46. The summed E-state index contributed by atoms with van der Waals surface area (Å²) in [7, 11) is 0.836. The van der Waals surface area contributed by atoms with E-state index in [4.69, 9.17) is 0 Å². The first kappa shape index (κ1) is 13.5. The highest BCUT2D eigenvalue weighted by molar-refractivity contribution is 7.91. The van der Waals surface area contributed by atoms with Gasteiger partial charge in [-0.15, -0.1) is 0 Å². The molecule has 0 saturated carbocycles. The van der Waals surface area contributed by atoms with Gasteiger partial charge in [-0.2, -0.15) is 0 Å². The van der Waals surface area contributed by atoms with E-state index in [0.29, 0.717) is 4.90 Å². The van der Waals surface area contributed by atoms with Crippen LogP contribution in [0.25, 0.3) is 0 Å². The molecule has 0 amide bonds. The van der Waals surface area contributed by atoms with E-state index >= 15 is 0 Å². The molecule has 0 radical (unpaired) electrons. The average molecular weight is 268 g/mol. The van der Waals surface area contributed by atoms with Gasteiger partial charge in [0.15, 0.2) is 9.84 Å². The van der Waals surface area contributed by atoms with E-state index in [0.717, 1.165) is 25.1 Å². The minimum Gasteiger partial charge on any atom is -0.320 e. The molecule has 1 N–H and O–H groups in total. The molecular weight excluding hydrogens is 248 g/mol. The molecule has 0 spiro atoms. The predicted molar refractivity (Wildman–Crippen MR) is 72.4 cm³/mol. The van der Waals surface area contributed by atoms with Crippen LogP contribution in [-0.4, -0.2) is 46.3 Å². The van der Waals surface area contributed by atoms with Crippen molar-refractivity contribution in [3.8, 4) is 0 Å². The second kappa shape index (κ2) is 5.38. The quantitative estimate of drug-likeness (QED) is 0.811. The minimum absolute atomic E-state index is 0.00283. The summed E-state index contributed by atoms with van der Waals surface area (Å²) in [5, 5.41) is 3.10. The Labute approximate surface area is 109 Å². The normalized spacial score (nSPS) is 21.2. The average Bonchev–Trinajstić information content (AvgIpc) is 2.63. The molecule has 5 heteroatoms. The molecule has 0 aliphatic carbocycles. The fraction of sp³-hybridized carbons (Fsp3) is 0.538. The van der Waals surface area contributed by atoms with Crippen LogP contribution in [0, 0.1) is 0 Å². The summed E-state index contributed by atoms with van der Waals surface area (Å²) < 4.78 is 24.1. The fourth-order valence-electron chi connectivity index (χ4n) is 2.45. The van der Waals surface area contributed by atoms with Crippen molar-refractivity contribution in [1.82, 2.24) is 10.2 Å². The van der Waals surface area contributed by atoms with Gasteiger partial charge in [0.1, 0.15) is 0 Å². The molecule has 0 saturated heterocycles. The smallest absolute Gasteiger partial charge is 0.180 e. The van der Waals surface area contributed by atoms with Gasteiger partial charge in [-0.05, 0) is 45.2 Å². The molecule has 0 aromatic heterocycles. The Hall–Kier alpha value is -0.910. The summed E-state index contributed by atoms with van der Waals surface area (Å²) in [5.74, 6) is 0.211. The summed E-state index contributed by atoms with van der Waals surface area (Å²) >= 11 is 0. The number of benzene rings is 1. The van der Waals surface area contributed by atoms with E-state index < -0.39 is 9.84 Å². The van der Waals surface area contributed by atoms with Crippen LogP contribution in [-0.2, 0) is 9.84 Å². The van der Waals surface area contributed by atoms with E-state index in [9.17, 15) is 8.42 Å². The maximum Gasteiger partial charge on any atom is 0.180 e. The molecule has 100 valence electrons. The first-order chi connectivity index (χ1) is 8.56. The largest absolute Gasteiger partial charge is 0.320 e. The van der Waals surface area contributed by atoms with Gasteiger partial charge in [0.25, 0.3) is 0 Å². The van der Waals surface area contributed by atoms with Crippen molar-refractivity contribution >= 4 is 9.84 Å². The summed E-state index contributed by atoms with van der Waals surface area (Å²) in [6.45, 7) is 1.85. The molecule has 0 bridgehead atoms. The molecule has 1 aliphatic heterocycles. The third-order valence-corrected chi connectivity index (χ3v) is 5.26. The Bertz CT molecular complexity index is 513. The molecule has 1 aromatic carbocycles. The van der Waals surface area contributed by atoms with Crippen molar-refractivity contribution in [1.29, 1.82) is 0 Å². The van der Waals surface area contributed by atoms with Crippen LogP contribution in [0.1, 0.15) is 18.0 Å². The summed E-state index contributed by atoms with van der Waals surface area (Å²) in [6, 6.07) is 7.35. The van der Waals surface area contributed by atoms with E-state index in [2.05, 4.69) is 10.2 Å². The minimum atomic E-state index is -3.09. The first-order valence-corrected chi connectivity index (χ1v) is 7.88. The van der Waals surface area contributed by atoms with Gasteiger partial charge in [-0.25, -0.2) is 8.42 Å². The lowest BCUT2D eigenvalue weighted by atomic mass is 10.1. The highest BCUT2D eigenvalue weighted by Crippen LogP contribution is 2.36. The molecule has 1 unspecified atom stereocenters. The van der Waals surface area contributed by atoms with Gasteiger partial charge >= 0.3 is 0 Å². The van der Waals surface area contributed by atoms with Crippen molar-refractivity contribution in [2.24, 2.45) is 0 Å². The lowest BCUT2D eigenvalue weighted by molar-refractivity contribution is 0.262. The van der Waals surface area contributed by atoms with Crippen molar-refractivity contribution in [2.75, 3.05) is 32.9 Å². The SMILES string of the molecule is CNCCCN(C)C1CS(=O)(=O)c2ccccc21. The number of nitrogens with zero attached hydrogens (tertiary/aromatic N) is 1. The van der Waals surface area contributed by atoms with Crippen molar-refractivity contribution in [3.05, 3.63) is 29.8 Å². The molecule has 1 heterocycles.